The number of hydrogen-bond donors (Lipinski definition) is 1. The number of carbonyl (C=O) groups is 2. The number of amides is 3. The smallest absolute Gasteiger partial charge is 0.325 e. The molecule has 0 aliphatic carbocycles. The molecule has 0 bridgehead atoms. The van der Waals surface area contributed by atoms with Crippen molar-refractivity contribution in [3.63, 3.8) is 0 Å². The molecule has 1 aromatic rings. The van der Waals surface area contributed by atoms with E-state index in [1.807, 2.05) is 32.0 Å². The molecule has 21 heavy (non-hydrogen) atoms. The van der Waals surface area contributed by atoms with Crippen molar-refractivity contribution in [1.29, 1.82) is 0 Å². The summed E-state index contributed by atoms with van der Waals surface area (Å²) in [7, 11) is 0. The number of hydrogen-bond acceptors (Lipinski definition) is 3. The van der Waals surface area contributed by atoms with E-state index in [1.165, 1.54) is 4.90 Å². The van der Waals surface area contributed by atoms with Crippen LogP contribution in [0.15, 0.2) is 18.2 Å². The Morgan fingerprint density at radius 1 is 1.38 bits per heavy atom. The first-order valence-corrected chi connectivity index (χ1v) is 7.30. The minimum absolute atomic E-state index is 0.0904. The number of aryl methyl sites for hydroxylation is 1. The van der Waals surface area contributed by atoms with Crippen LogP contribution in [0.4, 0.5) is 4.79 Å². The summed E-state index contributed by atoms with van der Waals surface area (Å²) in [5.74, 6) is 0.541. The summed E-state index contributed by atoms with van der Waals surface area (Å²) < 4.78 is 5.91. The Kier molecular flexibility index (Phi) is 4.50. The van der Waals surface area contributed by atoms with Gasteiger partial charge in [0.05, 0.1) is 12.6 Å². The van der Waals surface area contributed by atoms with Crippen LogP contribution in [0.2, 0.25) is 0 Å². The maximum Gasteiger partial charge on any atom is 0.325 e. The number of nitrogens with one attached hydrogen (secondary N) is 1. The van der Waals surface area contributed by atoms with E-state index in [0.29, 0.717) is 0 Å². The fourth-order valence-electron chi connectivity index (χ4n) is 2.18. The van der Waals surface area contributed by atoms with Gasteiger partial charge in [-0.05, 0) is 38.8 Å². The zero-order chi connectivity index (χ0) is 15.6. The van der Waals surface area contributed by atoms with Gasteiger partial charge in [-0.15, -0.1) is 0 Å². The molecule has 0 unspecified atom stereocenters. The van der Waals surface area contributed by atoms with Crippen LogP contribution < -0.4 is 10.1 Å². The lowest BCUT2D eigenvalue weighted by molar-refractivity contribution is -0.127. The van der Waals surface area contributed by atoms with Gasteiger partial charge in [-0.3, -0.25) is 9.69 Å². The highest BCUT2D eigenvalue weighted by molar-refractivity contribution is 6.03. The van der Waals surface area contributed by atoms with Crippen molar-refractivity contribution in [3.8, 4) is 5.75 Å². The number of rotatable bonds is 5. The van der Waals surface area contributed by atoms with Crippen molar-refractivity contribution in [2.45, 2.75) is 52.8 Å². The van der Waals surface area contributed by atoms with Crippen molar-refractivity contribution in [3.05, 3.63) is 29.3 Å². The van der Waals surface area contributed by atoms with Crippen LogP contribution in [0.3, 0.4) is 0 Å². The third-order valence-corrected chi connectivity index (χ3v) is 3.68. The van der Waals surface area contributed by atoms with Gasteiger partial charge in [-0.2, -0.15) is 0 Å². The first kappa shape index (κ1) is 15.4. The molecule has 0 radical (unpaired) electrons. The predicted molar refractivity (Wildman–Crippen MR) is 80.1 cm³/mol. The van der Waals surface area contributed by atoms with Gasteiger partial charge in [0.15, 0.2) is 0 Å². The number of imide groups is 1. The van der Waals surface area contributed by atoms with Gasteiger partial charge in [0.25, 0.3) is 5.91 Å². The number of urea groups is 1. The van der Waals surface area contributed by atoms with E-state index in [2.05, 4.69) is 12.2 Å². The van der Waals surface area contributed by atoms with E-state index in [-0.39, 0.29) is 24.6 Å². The number of nitrogens with zero attached hydrogens (tertiary/aromatic N) is 1. The molecule has 0 saturated carbocycles. The second-order valence-corrected chi connectivity index (χ2v) is 5.54. The van der Waals surface area contributed by atoms with Crippen molar-refractivity contribution >= 4 is 11.9 Å². The highest BCUT2D eigenvalue weighted by Crippen LogP contribution is 2.25. The first-order chi connectivity index (χ1) is 9.92. The molecule has 3 amide bonds. The van der Waals surface area contributed by atoms with Gasteiger partial charge in [-0.25, -0.2) is 4.79 Å². The summed E-state index contributed by atoms with van der Waals surface area (Å²) in [6, 6.07) is 5.02. The lowest BCUT2D eigenvalue weighted by Crippen LogP contribution is -2.30. The average molecular weight is 290 g/mol. The van der Waals surface area contributed by atoms with Gasteiger partial charge >= 0.3 is 6.03 Å². The fraction of sp³-hybridized carbons (Fsp3) is 0.500. The molecule has 2 atom stereocenters. The number of carbonyl (C=O) groups excluding carboxylic acids is 2. The van der Waals surface area contributed by atoms with Gasteiger partial charge in [0.2, 0.25) is 0 Å². The van der Waals surface area contributed by atoms with Crippen LogP contribution in [0.5, 0.6) is 5.75 Å². The Balaban J connectivity index is 2.23. The molecule has 0 spiro atoms. The van der Waals surface area contributed by atoms with E-state index in [4.69, 9.17) is 4.74 Å². The molecule has 1 fully saturated rings. The minimum Gasteiger partial charge on any atom is -0.490 e. The lowest BCUT2D eigenvalue weighted by atomic mass is 10.1. The van der Waals surface area contributed by atoms with Gasteiger partial charge in [-0.1, -0.05) is 19.1 Å². The molecule has 5 nitrogen and oxygen atoms in total. The van der Waals surface area contributed by atoms with Crippen molar-refractivity contribution in [1.82, 2.24) is 10.2 Å². The summed E-state index contributed by atoms with van der Waals surface area (Å²) >= 11 is 0. The first-order valence-electron chi connectivity index (χ1n) is 7.30. The van der Waals surface area contributed by atoms with Gasteiger partial charge < -0.3 is 10.1 Å². The average Bonchev–Trinajstić information content (AvgIpc) is 2.67. The molecule has 5 heteroatoms. The third-order valence-electron chi connectivity index (χ3n) is 3.68. The molecule has 1 aromatic carbocycles. The van der Waals surface area contributed by atoms with Crippen LogP contribution in [0.1, 0.15) is 38.3 Å². The topological polar surface area (TPSA) is 58.6 Å². The van der Waals surface area contributed by atoms with E-state index >= 15 is 0 Å². The predicted octanol–water partition coefficient (Wildman–Crippen LogP) is 2.61. The number of ether oxygens (including phenoxy) is 1. The van der Waals surface area contributed by atoms with E-state index in [9.17, 15) is 9.59 Å². The van der Waals surface area contributed by atoms with Crippen LogP contribution in [-0.4, -0.2) is 29.0 Å². The van der Waals surface area contributed by atoms with Crippen LogP contribution in [-0.2, 0) is 11.3 Å². The molecule has 2 rings (SSSR count). The fourth-order valence-corrected chi connectivity index (χ4v) is 2.18. The molecule has 0 aromatic heterocycles. The summed E-state index contributed by atoms with van der Waals surface area (Å²) in [6.07, 6.45) is 0.987. The van der Waals surface area contributed by atoms with Crippen LogP contribution in [0.25, 0.3) is 0 Å². The van der Waals surface area contributed by atoms with Crippen molar-refractivity contribution < 1.29 is 14.3 Å². The molecule has 1 aliphatic rings. The summed E-state index contributed by atoms with van der Waals surface area (Å²) in [6.45, 7) is 7.97. The Morgan fingerprint density at radius 3 is 2.67 bits per heavy atom. The highest BCUT2D eigenvalue weighted by atomic mass is 16.5. The van der Waals surface area contributed by atoms with Crippen LogP contribution >= 0.6 is 0 Å². The molecular formula is C16H22N2O3. The van der Waals surface area contributed by atoms with Crippen molar-refractivity contribution in [2.24, 2.45) is 0 Å². The molecular weight excluding hydrogens is 268 g/mol. The van der Waals surface area contributed by atoms with Crippen LogP contribution in [0, 0.1) is 6.92 Å². The molecule has 1 heterocycles. The number of benzene rings is 1. The summed E-state index contributed by atoms with van der Waals surface area (Å²) in [5.41, 5.74) is 1.93. The Bertz CT molecular complexity index is 556. The molecule has 114 valence electrons. The zero-order valence-electron chi connectivity index (χ0n) is 13.0. The van der Waals surface area contributed by atoms with Gasteiger partial charge in [0, 0.05) is 5.56 Å². The second kappa shape index (κ2) is 6.16. The quantitative estimate of drug-likeness (QED) is 0.848. The normalized spacial score (nSPS) is 19.6. The summed E-state index contributed by atoms with van der Waals surface area (Å²) in [5, 5.41) is 2.62. The second-order valence-electron chi connectivity index (χ2n) is 5.54. The SMILES string of the molecule is CC[C@@H](C)Oc1cc(C)ccc1CN1C(=O)N[C@H](C)C1=O. The summed E-state index contributed by atoms with van der Waals surface area (Å²) in [4.78, 5) is 25.0. The Hall–Kier alpha value is -2.04. The van der Waals surface area contributed by atoms with E-state index < -0.39 is 6.04 Å². The van der Waals surface area contributed by atoms with Crippen molar-refractivity contribution in [2.75, 3.05) is 0 Å². The zero-order valence-corrected chi connectivity index (χ0v) is 13.0. The minimum atomic E-state index is -0.457. The lowest BCUT2D eigenvalue weighted by Gasteiger charge is -2.19. The van der Waals surface area contributed by atoms with E-state index in [0.717, 1.165) is 23.3 Å². The monoisotopic (exact) mass is 290 g/mol. The highest BCUT2D eigenvalue weighted by Gasteiger charge is 2.35. The maximum atomic E-state index is 12.0. The largest absolute Gasteiger partial charge is 0.490 e. The maximum absolute atomic E-state index is 12.0. The molecule has 1 aliphatic heterocycles. The molecule has 1 saturated heterocycles. The third kappa shape index (κ3) is 3.35. The van der Waals surface area contributed by atoms with Gasteiger partial charge in [0.1, 0.15) is 11.8 Å². The van der Waals surface area contributed by atoms with E-state index in [1.54, 1.807) is 6.92 Å². The Morgan fingerprint density at radius 2 is 2.10 bits per heavy atom. The Labute approximate surface area is 125 Å². The standard InChI is InChI=1S/C16H22N2O3/c1-5-11(3)21-14-8-10(2)6-7-13(14)9-18-15(19)12(4)17-16(18)20/h6-8,11-12H,5,9H2,1-4H3,(H,17,20)/t11-,12-/m1/s1. The molecule has 1 N–H and O–H groups in total.